The maximum absolute atomic E-state index is 9.10. The third-order valence-electron chi connectivity index (χ3n) is 2.38. The van der Waals surface area contributed by atoms with Gasteiger partial charge in [0.05, 0.1) is 11.1 Å². The standard InChI is InChI=1S/C12H10N2S/c1-8-7-14-12-9(10(8)6-13)4-3-5-11(12)15-2/h3-5,7H,1-2H3. The summed E-state index contributed by atoms with van der Waals surface area (Å²) < 4.78 is 0. The van der Waals surface area contributed by atoms with E-state index in [1.165, 1.54) is 0 Å². The van der Waals surface area contributed by atoms with E-state index >= 15 is 0 Å². The lowest BCUT2D eigenvalue weighted by Gasteiger charge is -2.05. The van der Waals surface area contributed by atoms with Crippen LogP contribution in [-0.2, 0) is 0 Å². The smallest absolute Gasteiger partial charge is 0.100 e. The molecule has 0 amide bonds. The van der Waals surface area contributed by atoms with Crippen molar-refractivity contribution in [1.29, 1.82) is 5.26 Å². The van der Waals surface area contributed by atoms with Gasteiger partial charge in [-0.1, -0.05) is 12.1 Å². The first-order chi connectivity index (χ1) is 7.27. The number of rotatable bonds is 1. The number of pyridine rings is 1. The number of nitrogens with zero attached hydrogens (tertiary/aromatic N) is 2. The van der Waals surface area contributed by atoms with Crippen molar-refractivity contribution in [2.24, 2.45) is 0 Å². The summed E-state index contributed by atoms with van der Waals surface area (Å²) in [4.78, 5) is 5.50. The van der Waals surface area contributed by atoms with Crippen molar-refractivity contribution >= 4 is 22.7 Å². The molecule has 0 aliphatic heterocycles. The monoisotopic (exact) mass is 214 g/mol. The van der Waals surface area contributed by atoms with Crippen LogP contribution in [0.5, 0.6) is 0 Å². The fourth-order valence-corrected chi connectivity index (χ4v) is 2.18. The number of benzene rings is 1. The van der Waals surface area contributed by atoms with Gasteiger partial charge in [-0.2, -0.15) is 5.26 Å². The van der Waals surface area contributed by atoms with Crippen LogP contribution in [0.15, 0.2) is 29.3 Å². The first-order valence-corrected chi connectivity index (χ1v) is 5.83. The molecule has 0 aliphatic rings. The van der Waals surface area contributed by atoms with Crippen LogP contribution in [0.25, 0.3) is 10.9 Å². The van der Waals surface area contributed by atoms with Gasteiger partial charge in [0.15, 0.2) is 0 Å². The number of hydrogen-bond acceptors (Lipinski definition) is 3. The van der Waals surface area contributed by atoms with Crippen molar-refractivity contribution in [1.82, 2.24) is 4.98 Å². The van der Waals surface area contributed by atoms with Crippen LogP contribution >= 0.6 is 11.8 Å². The van der Waals surface area contributed by atoms with Gasteiger partial charge in [0, 0.05) is 16.5 Å². The summed E-state index contributed by atoms with van der Waals surface area (Å²) >= 11 is 1.65. The number of hydrogen-bond donors (Lipinski definition) is 0. The average molecular weight is 214 g/mol. The lowest BCUT2D eigenvalue weighted by atomic mass is 10.1. The van der Waals surface area contributed by atoms with Crippen LogP contribution in [0.3, 0.4) is 0 Å². The largest absolute Gasteiger partial charge is 0.255 e. The Balaban J connectivity index is 2.90. The molecule has 15 heavy (non-hydrogen) atoms. The lowest BCUT2D eigenvalue weighted by Crippen LogP contribution is -1.90. The first kappa shape index (κ1) is 10.0. The van der Waals surface area contributed by atoms with Crippen LogP contribution in [0.4, 0.5) is 0 Å². The highest BCUT2D eigenvalue weighted by atomic mass is 32.2. The van der Waals surface area contributed by atoms with E-state index in [1.807, 2.05) is 31.4 Å². The van der Waals surface area contributed by atoms with E-state index < -0.39 is 0 Å². The summed E-state index contributed by atoms with van der Waals surface area (Å²) in [6.45, 7) is 1.91. The molecule has 0 bridgehead atoms. The van der Waals surface area contributed by atoms with Crippen molar-refractivity contribution in [3.63, 3.8) is 0 Å². The van der Waals surface area contributed by atoms with E-state index in [0.717, 1.165) is 26.9 Å². The highest BCUT2D eigenvalue weighted by Crippen LogP contribution is 2.27. The molecule has 1 aromatic carbocycles. The van der Waals surface area contributed by atoms with E-state index in [-0.39, 0.29) is 0 Å². The lowest BCUT2D eigenvalue weighted by molar-refractivity contribution is 1.28. The maximum atomic E-state index is 9.10. The molecule has 74 valence electrons. The zero-order chi connectivity index (χ0) is 10.8. The topological polar surface area (TPSA) is 36.7 Å². The van der Waals surface area contributed by atoms with E-state index in [0.29, 0.717) is 0 Å². The molecule has 0 atom stereocenters. The van der Waals surface area contributed by atoms with Gasteiger partial charge in [-0.15, -0.1) is 11.8 Å². The number of nitriles is 1. The van der Waals surface area contributed by atoms with Gasteiger partial charge < -0.3 is 0 Å². The molecule has 2 nitrogen and oxygen atoms in total. The Labute approximate surface area is 92.9 Å². The minimum atomic E-state index is 0.732. The molecule has 0 saturated heterocycles. The quantitative estimate of drug-likeness (QED) is 0.684. The molecule has 2 rings (SSSR count). The van der Waals surface area contributed by atoms with Crippen LogP contribution in [0.2, 0.25) is 0 Å². The van der Waals surface area contributed by atoms with E-state index in [4.69, 9.17) is 5.26 Å². The molecule has 0 aliphatic carbocycles. The molecule has 0 N–H and O–H groups in total. The predicted octanol–water partition coefficient (Wildman–Crippen LogP) is 3.14. The summed E-state index contributed by atoms with van der Waals surface area (Å²) in [7, 11) is 0. The van der Waals surface area contributed by atoms with Crippen LogP contribution < -0.4 is 0 Å². The summed E-state index contributed by atoms with van der Waals surface area (Å²) in [5, 5.41) is 10.0. The second-order valence-corrected chi connectivity index (χ2v) is 4.13. The Kier molecular flexibility index (Phi) is 2.61. The normalized spacial score (nSPS) is 10.2. The minimum absolute atomic E-state index is 0.732. The highest BCUT2D eigenvalue weighted by molar-refractivity contribution is 7.98. The molecule has 0 fully saturated rings. The van der Waals surface area contributed by atoms with Gasteiger partial charge in [0.25, 0.3) is 0 Å². The summed E-state index contributed by atoms with van der Waals surface area (Å²) in [6, 6.07) is 8.18. The first-order valence-electron chi connectivity index (χ1n) is 4.60. The molecule has 0 radical (unpaired) electrons. The molecular formula is C12H10N2S. The molecule has 2 aromatic rings. The summed E-state index contributed by atoms with van der Waals surface area (Å²) in [6.07, 6.45) is 3.78. The third-order valence-corrected chi connectivity index (χ3v) is 3.15. The number of thioether (sulfide) groups is 1. The Bertz CT molecular complexity index is 555. The number of fused-ring (bicyclic) bond motifs is 1. The van der Waals surface area contributed by atoms with Crippen molar-refractivity contribution < 1.29 is 0 Å². The maximum Gasteiger partial charge on any atom is 0.100 e. The molecule has 0 saturated carbocycles. The van der Waals surface area contributed by atoms with Crippen molar-refractivity contribution in [3.8, 4) is 6.07 Å². The molecule has 1 aromatic heterocycles. The van der Waals surface area contributed by atoms with Crippen molar-refractivity contribution in [2.75, 3.05) is 6.26 Å². The zero-order valence-corrected chi connectivity index (χ0v) is 9.43. The molecule has 0 spiro atoms. The SMILES string of the molecule is CSc1cccc2c(C#N)c(C)cnc12. The highest BCUT2D eigenvalue weighted by Gasteiger charge is 2.07. The van der Waals surface area contributed by atoms with E-state index in [2.05, 4.69) is 11.1 Å². The summed E-state index contributed by atoms with van der Waals surface area (Å²) in [5.74, 6) is 0. The predicted molar refractivity (Wildman–Crippen MR) is 63.0 cm³/mol. The summed E-state index contributed by atoms with van der Waals surface area (Å²) in [5.41, 5.74) is 2.59. The Morgan fingerprint density at radius 1 is 1.40 bits per heavy atom. The Hall–Kier alpha value is -1.53. The Morgan fingerprint density at radius 3 is 2.87 bits per heavy atom. The molecule has 3 heteroatoms. The van der Waals surface area contributed by atoms with Crippen LogP contribution in [0.1, 0.15) is 11.1 Å². The fraction of sp³-hybridized carbons (Fsp3) is 0.167. The van der Waals surface area contributed by atoms with Crippen LogP contribution in [-0.4, -0.2) is 11.2 Å². The number of para-hydroxylation sites is 1. The third kappa shape index (κ3) is 1.57. The molecule has 1 heterocycles. The second-order valence-electron chi connectivity index (χ2n) is 3.28. The molecular weight excluding hydrogens is 204 g/mol. The second kappa shape index (κ2) is 3.92. The van der Waals surface area contributed by atoms with Gasteiger partial charge in [0.2, 0.25) is 0 Å². The minimum Gasteiger partial charge on any atom is -0.255 e. The van der Waals surface area contributed by atoms with Gasteiger partial charge in [-0.3, -0.25) is 4.98 Å². The van der Waals surface area contributed by atoms with Gasteiger partial charge >= 0.3 is 0 Å². The Morgan fingerprint density at radius 2 is 2.20 bits per heavy atom. The molecule has 0 unspecified atom stereocenters. The van der Waals surface area contributed by atoms with Gasteiger partial charge in [0.1, 0.15) is 6.07 Å². The van der Waals surface area contributed by atoms with Gasteiger partial charge in [-0.25, -0.2) is 0 Å². The number of aromatic nitrogens is 1. The van der Waals surface area contributed by atoms with Crippen molar-refractivity contribution in [2.45, 2.75) is 11.8 Å². The van der Waals surface area contributed by atoms with Crippen LogP contribution in [0, 0.1) is 18.3 Å². The number of aryl methyl sites for hydroxylation is 1. The average Bonchev–Trinajstić information content (AvgIpc) is 2.28. The van der Waals surface area contributed by atoms with Gasteiger partial charge in [-0.05, 0) is 24.8 Å². The van der Waals surface area contributed by atoms with Crippen molar-refractivity contribution in [3.05, 3.63) is 35.5 Å². The fourth-order valence-electron chi connectivity index (χ4n) is 1.61. The zero-order valence-electron chi connectivity index (χ0n) is 8.61. The van der Waals surface area contributed by atoms with E-state index in [1.54, 1.807) is 18.0 Å². The van der Waals surface area contributed by atoms with E-state index in [9.17, 15) is 0 Å².